The smallest absolute Gasteiger partial charge is 0.253 e. The van der Waals surface area contributed by atoms with Crippen LogP contribution in [0.1, 0.15) is 28.4 Å². The van der Waals surface area contributed by atoms with E-state index in [1.54, 1.807) is 17.8 Å². The van der Waals surface area contributed by atoms with Gasteiger partial charge in [0.1, 0.15) is 11.6 Å². The van der Waals surface area contributed by atoms with E-state index in [1.807, 2.05) is 36.4 Å². The summed E-state index contributed by atoms with van der Waals surface area (Å²) in [5.41, 5.74) is 11.9. The number of carbonyl (C=O) groups excluding carboxylic acids is 1. The number of fused-ring (bicyclic) bond motifs is 2. The Kier molecular flexibility index (Phi) is 4.37. The van der Waals surface area contributed by atoms with Crippen LogP contribution in [0.25, 0.3) is 21.3 Å². The van der Waals surface area contributed by atoms with Crippen molar-refractivity contribution < 1.29 is 9.53 Å². The van der Waals surface area contributed by atoms with Gasteiger partial charge in [0.25, 0.3) is 5.91 Å². The molecule has 5 rings (SSSR count). The Labute approximate surface area is 171 Å². The predicted molar refractivity (Wildman–Crippen MR) is 114 cm³/mol. The van der Waals surface area contributed by atoms with E-state index in [9.17, 15) is 4.79 Å². The fraction of sp³-hybridized carbons (Fsp3) is 0.136. The Morgan fingerprint density at radius 3 is 2.90 bits per heavy atom. The van der Waals surface area contributed by atoms with Crippen molar-refractivity contribution >= 4 is 33.3 Å². The molecule has 3 N–H and O–H groups in total. The van der Waals surface area contributed by atoms with Gasteiger partial charge >= 0.3 is 0 Å². The minimum atomic E-state index is -0.129. The molecule has 0 bridgehead atoms. The molecule has 0 aliphatic carbocycles. The molecule has 1 unspecified atom stereocenters. The summed E-state index contributed by atoms with van der Waals surface area (Å²) in [6, 6.07) is 15.2. The molecule has 4 aromatic rings. The number of nitrogens with one attached hydrogen (secondary N) is 1. The summed E-state index contributed by atoms with van der Waals surface area (Å²) >= 11 is 1.48. The summed E-state index contributed by atoms with van der Waals surface area (Å²) in [6.45, 7) is 0.561. The van der Waals surface area contributed by atoms with E-state index < -0.39 is 0 Å². The van der Waals surface area contributed by atoms with Gasteiger partial charge in [-0.2, -0.15) is 0 Å². The summed E-state index contributed by atoms with van der Waals surface area (Å²) in [7, 11) is 0. The van der Waals surface area contributed by atoms with Gasteiger partial charge in [-0.1, -0.05) is 12.1 Å². The zero-order valence-corrected chi connectivity index (χ0v) is 16.3. The number of pyridine rings is 1. The molecule has 1 amide bonds. The molecule has 2 aromatic heterocycles. The summed E-state index contributed by atoms with van der Waals surface area (Å²) in [6.07, 6.45) is 2.46. The van der Waals surface area contributed by atoms with Gasteiger partial charge in [0.05, 0.1) is 33.9 Å². The second kappa shape index (κ2) is 7.18. The van der Waals surface area contributed by atoms with Crippen LogP contribution in [-0.4, -0.2) is 22.5 Å². The number of thiazole rings is 1. The van der Waals surface area contributed by atoms with Crippen molar-refractivity contribution in [2.24, 2.45) is 0 Å². The van der Waals surface area contributed by atoms with Crippen LogP contribution in [0.15, 0.2) is 60.2 Å². The number of anilines is 1. The number of aromatic nitrogens is 2. The third kappa shape index (κ3) is 3.30. The highest BCUT2D eigenvalue weighted by Gasteiger charge is 2.25. The highest BCUT2D eigenvalue weighted by Crippen LogP contribution is 2.36. The summed E-state index contributed by atoms with van der Waals surface area (Å²) in [5, 5.41) is 3.19. The number of rotatable bonds is 3. The van der Waals surface area contributed by atoms with Gasteiger partial charge in [-0.05, 0) is 42.0 Å². The highest BCUT2D eigenvalue weighted by molar-refractivity contribution is 7.17. The number of nitrogens with zero attached hydrogens (tertiary/aromatic N) is 2. The minimum absolute atomic E-state index is 0.0998. The van der Waals surface area contributed by atoms with Crippen molar-refractivity contribution in [3.05, 3.63) is 71.4 Å². The number of nitrogens with two attached hydrogens (primary N) is 1. The van der Waals surface area contributed by atoms with Gasteiger partial charge in [-0.3, -0.25) is 4.79 Å². The molecule has 3 heterocycles. The lowest BCUT2D eigenvalue weighted by Gasteiger charge is -2.27. The Bertz CT molecular complexity index is 1200. The highest BCUT2D eigenvalue weighted by atomic mass is 32.1. The van der Waals surface area contributed by atoms with Gasteiger partial charge < -0.3 is 15.8 Å². The predicted octanol–water partition coefficient (Wildman–Crippen LogP) is 4.19. The number of benzene rings is 2. The number of hydrogen-bond donors (Lipinski definition) is 2. The molecule has 7 heteroatoms. The van der Waals surface area contributed by atoms with Crippen LogP contribution >= 0.6 is 11.3 Å². The van der Waals surface area contributed by atoms with Gasteiger partial charge in [-0.25, -0.2) is 9.97 Å². The van der Waals surface area contributed by atoms with Crippen molar-refractivity contribution in [1.82, 2.24) is 15.3 Å². The SMILES string of the molecule is Nc1ccc(-c2ccc3c(c2)C(NC(=O)c2cccc4ncsc24)CCO3)cn1. The van der Waals surface area contributed by atoms with Crippen molar-refractivity contribution in [3.63, 3.8) is 0 Å². The lowest BCUT2D eigenvalue weighted by atomic mass is 9.95. The third-order valence-electron chi connectivity index (χ3n) is 5.08. The maximum atomic E-state index is 13.0. The van der Waals surface area contributed by atoms with Crippen molar-refractivity contribution in [1.29, 1.82) is 0 Å². The quantitative estimate of drug-likeness (QED) is 0.536. The monoisotopic (exact) mass is 402 g/mol. The molecule has 144 valence electrons. The van der Waals surface area contributed by atoms with Gasteiger partial charge in [0.2, 0.25) is 0 Å². The molecular formula is C22H18N4O2S. The van der Waals surface area contributed by atoms with Gasteiger partial charge in [0, 0.05) is 23.7 Å². The number of nitrogen functional groups attached to an aromatic ring is 1. The van der Waals surface area contributed by atoms with E-state index in [0.717, 1.165) is 32.7 Å². The van der Waals surface area contributed by atoms with E-state index >= 15 is 0 Å². The molecule has 0 spiro atoms. The van der Waals surface area contributed by atoms with E-state index in [2.05, 4.69) is 21.4 Å². The number of hydrogen-bond acceptors (Lipinski definition) is 6. The fourth-order valence-corrected chi connectivity index (χ4v) is 4.40. The molecule has 0 saturated heterocycles. The Morgan fingerprint density at radius 2 is 2.03 bits per heavy atom. The molecule has 0 saturated carbocycles. The molecule has 0 fully saturated rings. The van der Waals surface area contributed by atoms with Crippen LogP contribution in [-0.2, 0) is 0 Å². The second-order valence-corrected chi connectivity index (χ2v) is 7.75. The average molecular weight is 402 g/mol. The Morgan fingerprint density at radius 1 is 1.14 bits per heavy atom. The van der Waals surface area contributed by atoms with Crippen molar-refractivity contribution in [2.75, 3.05) is 12.3 Å². The van der Waals surface area contributed by atoms with Crippen LogP contribution in [0.3, 0.4) is 0 Å². The van der Waals surface area contributed by atoms with Crippen LogP contribution in [0, 0.1) is 0 Å². The normalized spacial score (nSPS) is 15.5. The van der Waals surface area contributed by atoms with Crippen molar-refractivity contribution in [2.45, 2.75) is 12.5 Å². The number of amides is 1. The molecule has 0 radical (unpaired) electrons. The molecule has 6 nitrogen and oxygen atoms in total. The minimum Gasteiger partial charge on any atom is -0.493 e. The van der Waals surface area contributed by atoms with E-state index in [4.69, 9.17) is 10.5 Å². The molecular weight excluding hydrogens is 384 g/mol. The van der Waals surface area contributed by atoms with Crippen LogP contribution in [0.5, 0.6) is 5.75 Å². The average Bonchev–Trinajstić information content (AvgIpc) is 3.23. The Balaban J connectivity index is 1.47. The first kappa shape index (κ1) is 17.6. The molecule has 1 aliphatic heterocycles. The maximum Gasteiger partial charge on any atom is 0.253 e. The van der Waals surface area contributed by atoms with Gasteiger partial charge in [-0.15, -0.1) is 11.3 Å². The zero-order chi connectivity index (χ0) is 19.8. The third-order valence-corrected chi connectivity index (χ3v) is 5.95. The van der Waals surface area contributed by atoms with E-state index in [-0.39, 0.29) is 11.9 Å². The first-order chi connectivity index (χ1) is 14.2. The number of carbonyl (C=O) groups is 1. The van der Waals surface area contributed by atoms with Crippen LogP contribution < -0.4 is 15.8 Å². The topological polar surface area (TPSA) is 90.1 Å². The summed E-state index contributed by atoms with van der Waals surface area (Å²) < 4.78 is 6.72. The largest absolute Gasteiger partial charge is 0.493 e. The molecule has 1 aliphatic rings. The first-order valence-electron chi connectivity index (χ1n) is 9.31. The molecule has 29 heavy (non-hydrogen) atoms. The summed E-state index contributed by atoms with van der Waals surface area (Å²) in [5.74, 6) is 1.18. The van der Waals surface area contributed by atoms with Gasteiger partial charge in [0.15, 0.2) is 0 Å². The van der Waals surface area contributed by atoms with E-state index in [1.165, 1.54) is 11.3 Å². The lowest BCUT2D eigenvalue weighted by molar-refractivity contribution is 0.0926. The standard InChI is InChI=1S/C22H18N4O2S/c23-20-7-5-14(11-24-20)13-4-6-19-16(10-13)17(8-9-28-19)26-22(27)15-2-1-3-18-21(15)29-12-25-18/h1-7,10-12,17H,8-9H2,(H2,23,24)(H,26,27). The first-order valence-corrected chi connectivity index (χ1v) is 10.2. The van der Waals surface area contributed by atoms with Crippen molar-refractivity contribution in [3.8, 4) is 16.9 Å². The molecule has 1 atom stereocenters. The second-order valence-electron chi connectivity index (χ2n) is 6.89. The molecule has 2 aromatic carbocycles. The fourth-order valence-electron chi connectivity index (χ4n) is 3.60. The zero-order valence-electron chi connectivity index (χ0n) is 15.5. The number of ether oxygens (including phenoxy) is 1. The van der Waals surface area contributed by atoms with Crippen LogP contribution in [0.4, 0.5) is 5.82 Å². The maximum absolute atomic E-state index is 13.0. The lowest BCUT2D eigenvalue weighted by Crippen LogP contribution is -2.32. The summed E-state index contributed by atoms with van der Waals surface area (Å²) in [4.78, 5) is 21.5. The Hall–Kier alpha value is -3.45. The van der Waals surface area contributed by atoms with Crippen LogP contribution in [0.2, 0.25) is 0 Å². The van der Waals surface area contributed by atoms with E-state index in [0.29, 0.717) is 24.4 Å².